The normalized spacial score (nSPS) is 15.0. The van der Waals surface area contributed by atoms with Crippen LogP contribution in [0, 0.1) is 25.7 Å². The summed E-state index contributed by atoms with van der Waals surface area (Å²) in [4.78, 5) is 166. The van der Waals surface area contributed by atoms with E-state index in [4.69, 9.17) is 40.1 Å². The van der Waals surface area contributed by atoms with Crippen molar-refractivity contribution in [3.63, 3.8) is 0 Å². The molecule has 1 aliphatic rings. The van der Waals surface area contributed by atoms with Gasteiger partial charge in [0.25, 0.3) is 0 Å². The standard InChI is InChI=1S/C65H106N20O13/c1-7-38(4)54(60(95)81-46(22-15-29-75-65(71)72)61(96)85-30-16-23-50(85)59(94)82-47(62(97)98)19-11-12-26-66)84-56(91)45(21-14-28-74-64(69)70)79-55(90)44(20-13-27-73-63(67)68)80-57(92)48(31-37(2)3)83-58(93)49(34-41-17-9-8-10-18-41)78-53(89)36-77-52(88)35-76-51(87)25-24-43-39(5)32-42(86)33-40(43)6/h8-10,17-18,32-33,37-38,44-50,54,86H,7,11-16,19-31,34-36,66H2,1-6H3,(H,76,87)(H,77,88)(H,78,89)(H,79,90)(H,80,92)(H,81,95)(H,82,94)(H,83,93)(H,84,91)(H,97,98)(H4,67,68,73)(H4,69,70,74)(H4,71,72,75)/t38-,44-,45-,46-,47-,48-,49-,50-,54-/m0/s1. The van der Waals surface area contributed by atoms with E-state index < -0.39 is 132 Å². The van der Waals surface area contributed by atoms with Crippen molar-refractivity contribution in [2.45, 2.75) is 193 Å². The van der Waals surface area contributed by atoms with E-state index in [1.807, 2.05) is 13.8 Å². The third kappa shape index (κ3) is 30.5. The van der Waals surface area contributed by atoms with E-state index in [9.17, 15) is 63.0 Å². The highest BCUT2D eigenvalue weighted by Crippen LogP contribution is 2.23. The first kappa shape index (κ1) is 82.4. The van der Waals surface area contributed by atoms with Crippen molar-refractivity contribution in [3.05, 3.63) is 64.7 Å². The van der Waals surface area contributed by atoms with Gasteiger partial charge in [0, 0.05) is 39.0 Å². The SMILES string of the molecule is CC[C@H](C)[C@H](NC(=O)[C@H](CCCN=C(N)N)NC(=O)[C@H](CCCN=C(N)N)NC(=O)[C@H](CC(C)C)NC(=O)[C@H](Cc1ccccc1)NC(=O)CNC(=O)CNC(=O)CCc1c(C)cc(O)cc1C)C(=O)N[C@@H](CCCN=C(N)N)C(=O)N1CCC[C@H]1C(=O)N[C@@H](CCCCN)C(=O)O. The van der Waals surface area contributed by atoms with Crippen molar-refractivity contribution in [1.82, 2.24) is 52.8 Å². The molecule has 10 amide bonds. The van der Waals surface area contributed by atoms with E-state index in [-0.39, 0.29) is 126 Å². The molecule has 1 aliphatic heterocycles. The average molecular weight is 1380 g/mol. The fourth-order valence-electron chi connectivity index (χ4n) is 11.0. The number of unbranched alkanes of at least 4 members (excludes halogenated alkanes) is 1. The monoisotopic (exact) mass is 1370 g/mol. The number of rotatable bonds is 44. The van der Waals surface area contributed by atoms with Crippen LogP contribution in [0.25, 0.3) is 0 Å². The van der Waals surface area contributed by atoms with Gasteiger partial charge in [-0.2, -0.15) is 0 Å². The number of carbonyl (C=O) groups is 11. The molecule has 2 aromatic rings. The number of aromatic hydroxyl groups is 1. The lowest BCUT2D eigenvalue weighted by atomic mass is 9.96. The number of carboxylic acids is 1. The number of amides is 10. The predicted molar refractivity (Wildman–Crippen MR) is 370 cm³/mol. The molecule has 0 spiro atoms. The van der Waals surface area contributed by atoms with Crippen molar-refractivity contribution in [2.75, 3.05) is 45.8 Å². The second-order valence-electron chi connectivity index (χ2n) is 24.9. The number of phenols is 1. The zero-order valence-electron chi connectivity index (χ0n) is 57.3. The number of carbonyl (C=O) groups excluding carboxylic acids is 10. The fourth-order valence-corrected chi connectivity index (χ4v) is 11.0. The number of likely N-dealkylation sites (tertiary alicyclic amines) is 1. The van der Waals surface area contributed by atoms with Crippen molar-refractivity contribution < 1.29 is 63.0 Å². The van der Waals surface area contributed by atoms with Gasteiger partial charge in [-0.15, -0.1) is 0 Å². The van der Waals surface area contributed by atoms with Crippen molar-refractivity contribution in [2.24, 2.45) is 66.9 Å². The van der Waals surface area contributed by atoms with Crippen LogP contribution in [-0.4, -0.2) is 192 Å². The quantitative estimate of drug-likeness (QED) is 0.0182. The predicted octanol–water partition coefficient (Wildman–Crippen LogP) is -2.73. The summed E-state index contributed by atoms with van der Waals surface area (Å²) in [6, 6.07) is 1.37. The first-order valence-corrected chi connectivity index (χ1v) is 33.3. The number of aliphatic carboxylic acids is 1. The molecule has 33 nitrogen and oxygen atoms in total. The largest absolute Gasteiger partial charge is 0.508 e. The number of guanidine groups is 3. The summed E-state index contributed by atoms with van der Waals surface area (Å²) in [7, 11) is 0. The van der Waals surface area contributed by atoms with Crippen LogP contribution in [-0.2, 0) is 65.6 Å². The van der Waals surface area contributed by atoms with E-state index >= 15 is 0 Å². The molecule has 0 saturated carbocycles. The first-order valence-electron chi connectivity index (χ1n) is 33.3. The van der Waals surface area contributed by atoms with Crippen molar-refractivity contribution in [1.29, 1.82) is 0 Å². The number of nitrogens with zero attached hydrogens (tertiary/aromatic N) is 4. The Balaban J connectivity index is 1.92. The minimum Gasteiger partial charge on any atom is -0.508 e. The third-order valence-corrected chi connectivity index (χ3v) is 16.4. The van der Waals surface area contributed by atoms with Crippen LogP contribution in [0.4, 0.5) is 0 Å². The van der Waals surface area contributed by atoms with Crippen LogP contribution in [0.2, 0.25) is 0 Å². The lowest BCUT2D eigenvalue weighted by Crippen LogP contribution is -2.61. The Hall–Kier alpha value is -9.82. The summed E-state index contributed by atoms with van der Waals surface area (Å²) in [6.07, 6.45) is 2.47. The molecule has 33 heteroatoms. The number of nitrogens with two attached hydrogens (primary N) is 7. The molecular formula is C65H106N20O13. The molecule has 1 saturated heterocycles. The fraction of sp³-hybridized carbons (Fsp3) is 0.600. The summed E-state index contributed by atoms with van der Waals surface area (Å²) in [5.41, 5.74) is 42.3. The third-order valence-electron chi connectivity index (χ3n) is 16.4. The van der Waals surface area contributed by atoms with E-state index in [2.05, 4.69) is 62.8 Å². The maximum Gasteiger partial charge on any atom is 0.326 e. The molecule has 3 rings (SSSR count). The molecule has 2 aromatic carbocycles. The zero-order chi connectivity index (χ0) is 73.0. The van der Waals surface area contributed by atoms with Gasteiger partial charge in [0.15, 0.2) is 17.9 Å². The molecule has 25 N–H and O–H groups in total. The molecule has 0 unspecified atom stereocenters. The van der Waals surface area contributed by atoms with Gasteiger partial charge in [-0.1, -0.05) is 64.4 Å². The Kier molecular flexibility index (Phi) is 36.5. The summed E-state index contributed by atoms with van der Waals surface area (Å²) >= 11 is 0. The molecule has 9 atom stereocenters. The van der Waals surface area contributed by atoms with Gasteiger partial charge in [-0.3, -0.25) is 62.9 Å². The number of aliphatic imine (C=N–C) groups is 3. The van der Waals surface area contributed by atoms with Crippen molar-refractivity contribution >= 4 is 82.9 Å². The molecule has 0 bridgehead atoms. The minimum absolute atomic E-state index is 0.00110. The summed E-state index contributed by atoms with van der Waals surface area (Å²) < 4.78 is 0. The van der Waals surface area contributed by atoms with E-state index in [1.54, 1.807) is 70.2 Å². The molecule has 0 radical (unpaired) electrons. The van der Waals surface area contributed by atoms with Gasteiger partial charge in [0.2, 0.25) is 59.1 Å². The Morgan fingerprint density at radius 3 is 1.60 bits per heavy atom. The maximum atomic E-state index is 14.8. The molecule has 1 fully saturated rings. The Bertz CT molecular complexity index is 3060. The number of nitrogens with one attached hydrogen (secondary N) is 9. The molecule has 0 aromatic heterocycles. The highest BCUT2D eigenvalue weighted by molar-refractivity contribution is 5.98. The van der Waals surface area contributed by atoms with Gasteiger partial charge in [0.1, 0.15) is 54.1 Å². The number of hydrogen-bond acceptors (Lipinski definition) is 16. The van der Waals surface area contributed by atoms with Gasteiger partial charge in [0.05, 0.1) is 13.1 Å². The smallest absolute Gasteiger partial charge is 0.326 e. The minimum atomic E-state index is -1.44. The van der Waals surface area contributed by atoms with E-state index in [1.165, 1.54) is 4.90 Å². The lowest BCUT2D eigenvalue weighted by molar-refractivity contribution is -0.145. The van der Waals surface area contributed by atoms with Crippen LogP contribution >= 0.6 is 0 Å². The average Bonchev–Trinajstić information content (AvgIpc) is 1.55. The van der Waals surface area contributed by atoms with Gasteiger partial charge in [-0.25, -0.2) is 4.79 Å². The second kappa shape index (κ2) is 43.4. The van der Waals surface area contributed by atoms with Gasteiger partial charge >= 0.3 is 5.97 Å². The molecule has 98 heavy (non-hydrogen) atoms. The number of aryl methyl sites for hydroxylation is 2. The highest BCUT2D eigenvalue weighted by atomic mass is 16.4. The summed E-state index contributed by atoms with van der Waals surface area (Å²) in [5.74, 6) is -10.1. The summed E-state index contributed by atoms with van der Waals surface area (Å²) in [5, 5.41) is 43.7. The van der Waals surface area contributed by atoms with Gasteiger partial charge in [-0.05, 0) is 150 Å². The molecule has 1 heterocycles. The van der Waals surface area contributed by atoms with Crippen LogP contribution in [0.5, 0.6) is 5.75 Å². The van der Waals surface area contributed by atoms with Crippen LogP contribution in [0.1, 0.15) is 140 Å². The number of benzene rings is 2. The van der Waals surface area contributed by atoms with Crippen LogP contribution < -0.4 is 88.0 Å². The van der Waals surface area contributed by atoms with Gasteiger partial charge < -0.3 is 103 Å². The van der Waals surface area contributed by atoms with E-state index in [0.717, 1.165) is 16.7 Å². The van der Waals surface area contributed by atoms with Crippen LogP contribution in [0.15, 0.2) is 57.4 Å². The first-order chi connectivity index (χ1) is 46.4. The van der Waals surface area contributed by atoms with Crippen LogP contribution in [0.3, 0.4) is 0 Å². The van der Waals surface area contributed by atoms with Crippen molar-refractivity contribution in [3.8, 4) is 5.75 Å². The molecule has 0 aliphatic carbocycles. The van der Waals surface area contributed by atoms with E-state index in [0.29, 0.717) is 44.2 Å². The number of phenolic OH excluding ortho intramolecular Hbond substituents is 1. The highest BCUT2D eigenvalue weighted by Gasteiger charge is 2.41. The summed E-state index contributed by atoms with van der Waals surface area (Å²) in [6.45, 7) is 10.1. The number of carboxylic acid groups (broad SMARTS) is 1. The lowest BCUT2D eigenvalue weighted by Gasteiger charge is -2.32. The number of hydrogen-bond donors (Lipinski definition) is 18. The maximum absolute atomic E-state index is 14.8. The Morgan fingerprint density at radius 1 is 0.582 bits per heavy atom. The Morgan fingerprint density at radius 2 is 1.07 bits per heavy atom. The topological polar surface area (TPSA) is 559 Å². The molecule has 544 valence electrons. The zero-order valence-corrected chi connectivity index (χ0v) is 57.3. The second-order valence-corrected chi connectivity index (χ2v) is 24.9. The Labute approximate surface area is 572 Å². The molecular weight excluding hydrogens is 1270 g/mol.